The second-order valence-electron chi connectivity index (χ2n) is 3.36. The first-order chi connectivity index (χ1) is 7.65. The maximum Gasteiger partial charge on any atom is 0.236 e. The van der Waals surface area contributed by atoms with Crippen LogP contribution in [0.1, 0.15) is 27.7 Å². The van der Waals surface area contributed by atoms with Crippen molar-refractivity contribution < 1.29 is 14.3 Å². The molecule has 2 N–H and O–H groups in total. The first-order valence-corrected chi connectivity index (χ1v) is 5.89. The van der Waals surface area contributed by atoms with Crippen molar-refractivity contribution in [1.29, 1.82) is 0 Å². The van der Waals surface area contributed by atoms with Gasteiger partial charge in [-0.05, 0) is 27.7 Å². The van der Waals surface area contributed by atoms with Gasteiger partial charge in [0.25, 0.3) is 0 Å². The Morgan fingerprint density at radius 3 is 2.19 bits per heavy atom. The average Bonchev–Trinajstić information content (AvgIpc) is 2.26. The molecule has 0 aromatic heterocycles. The summed E-state index contributed by atoms with van der Waals surface area (Å²) in [6.07, 6.45) is -0.285. The SMILES string of the molecule is CCNC(=O)C(C)NCC(OCC)OCC. The molecule has 1 unspecified atom stereocenters. The molecule has 0 heterocycles. The Morgan fingerprint density at radius 2 is 1.75 bits per heavy atom. The summed E-state index contributed by atoms with van der Waals surface area (Å²) < 4.78 is 10.7. The van der Waals surface area contributed by atoms with E-state index in [-0.39, 0.29) is 18.2 Å². The normalized spacial score (nSPS) is 12.8. The molecule has 1 atom stereocenters. The Bertz CT molecular complexity index is 182. The van der Waals surface area contributed by atoms with Gasteiger partial charge in [0.2, 0.25) is 5.91 Å². The van der Waals surface area contributed by atoms with E-state index in [9.17, 15) is 4.79 Å². The van der Waals surface area contributed by atoms with E-state index in [1.165, 1.54) is 0 Å². The van der Waals surface area contributed by atoms with Crippen LogP contribution in [0.2, 0.25) is 0 Å². The number of nitrogens with one attached hydrogen (secondary N) is 2. The summed E-state index contributed by atoms with van der Waals surface area (Å²) in [5, 5.41) is 5.82. The topological polar surface area (TPSA) is 59.6 Å². The minimum atomic E-state index is -0.285. The fraction of sp³-hybridized carbons (Fsp3) is 0.909. The number of carbonyl (C=O) groups is 1. The zero-order chi connectivity index (χ0) is 12.4. The van der Waals surface area contributed by atoms with Crippen LogP contribution in [-0.4, -0.2) is 44.5 Å². The van der Waals surface area contributed by atoms with Crippen LogP contribution in [0.5, 0.6) is 0 Å². The predicted molar refractivity (Wildman–Crippen MR) is 63.2 cm³/mol. The van der Waals surface area contributed by atoms with Gasteiger partial charge in [0.1, 0.15) is 0 Å². The molecule has 0 aliphatic rings. The van der Waals surface area contributed by atoms with E-state index in [4.69, 9.17) is 9.47 Å². The van der Waals surface area contributed by atoms with Gasteiger partial charge in [0.05, 0.1) is 6.04 Å². The second-order valence-corrected chi connectivity index (χ2v) is 3.36. The molecule has 1 amide bonds. The number of likely N-dealkylation sites (N-methyl/N-ethyl adjacent to an activating group) is 1. The Hall–Kier alpha value is -0.650. The fourth-order valence-electron chi connectivity index (χ4n) is 1.23. The molecule has 0 aromatic carbocycles. The van der Waals surface area contributed by atoms with Gasteiger partial charge in [-0.25, -0.2) is 0 Å². The van der Waals surface area contributed by atoms with Crippen LogP contribution in [0.3, 0.4) is 0 Å². The average molecular weight is 232 g/mol. The van der Waals surface area contributed by atoms with Gasteiger partial charge in [-0.1, -0.05) is 0 Å². The van der Waals surface area contributed by atoms with E-state index in [2.05, 4.69) is 10.6 Å². The minimum absolute atomic E-state index is 0.00533. The van der Waals surface area contributed by atoms with Crippen LogP contribution in [0.15, 0.2) is 0 Å². The summed E-state index contributed by atoms with van der Waals surface area (Å²) in [5.41, 5.74) is 0. The van der Waals surface area contributed by atoms with Crippen LogP contribution in [0, 0.1) is 0 Å². The fourth-order valence-corrected chi connectivity index (χ4v) is 1.23. The van der Waals surface area contributed by atoms with Crippen molar-refractivity contribution in [2.24, 2.45) is 0 Å². The molecule has 0 aromatic rings. The van der Waals surface area contributed by atoms with E-state index in [0.29, 0.717) is 26.3 Å². The van der Waals surface area contributed by atoms with Crippen LogP contribution < -0.4 is 10.6 Å². The second kappa shape index (κ2) is 9.57. The number of carbonyl (C=O) groups excluding carboxylic acids is 1. The van der Waals surface area contributed by atoms with Gasteiger partial charge in [0, 0.05) is 26.3 Å². The predicted octanol–water partition coefficient (Wildman–Crippen LogP) is 0.500. The van der Waals surface area contributed by atoms with Crippen molar-refractivity contribution in [3.63, 3.8) is 0 Å². The van der Waals surface area contributed by atoms with Gasteiger partial charge < -0.3 is 20.1 Å². The number of hydrogen-bond donors (Lipinski definition) is 2. The number of rotatable bonds is 9. The molecule has 5 heteroatoms. The Labute approximate surface area is 97.9 Å². The maximum atomic E-state index is 11.4. The summed E-state index contributed by atoms with van der Waals surface area (Å²) in [4.78, 5) is 11.4. The van der Waals surface area contributed by atoms with E-state index >= 15 is 0 Å². The highest BCUT2D eigenvalue weighted by atomic mass is 16.7. The molecule has 96 valence electrons. The number of hydrogen-bond acceptors (Lipinski definition) is 4. The molecule has 0 aliphatic heterocycles. The van der Waals surface area contributed by atoms with Crippen LogP contribution >= 0.6 is 0 Å². The van der Waals surface area contributed by atoms with E-state index in [0.717, 1.165) is 0 Å². The zero-order valence-corrected chi connectivity index (χ0v) is 10.7. The van der Waals surface area contributed by atoms with Gasteiger partial charge in [0.15, 0.2) is 6.29 Å². The largest absolute Gasteiger partial charge is 0.355 e. The van der Waals surface area contributed by atoms with Crippen molar-refractivity contribution in [3.8, 4) is 0 Å². The highest BCUT2D eigenvalue weighted by Crippen LogP contribution is 1.94. The third-order valence-electron chi connectivity index (χ3n) is 2.04. The highest BCUT2D eigenvalue weighted by Gasteiger charge is 2.14. The van der Waals surface area contributed by atoms with Crippen molar-refractivity contribution in [3.05, 3.63) is 0 Å². The van der Waals surface area contributed by atoms with E-state index in [1.807, 2.05) is 27.7 Å². The highest BCUT2D eigenvalue weighted by molar-refractivity contribution is 5.81. The number of amides is 1. The molecule has 0 bridgehead atoms. The van der Waals surface area contributed by atoms with Crippen LogP contribution in [-0.2, 0) is 14.3 Å². The third-order valence-corrected chi connectivity index (χ3v) is 2.04. The quantitative estimate of drug-likeness (QED) is 0.568. The molecule has 0 spiro atoms. The molecule has 0 rings (SSSR count). The lowest BCUT2D eigenvalue weighted by Gasteiger charge is -2.20. The summed E-state index contributed by atoms with van der Waals surface area (Å²) in [7, 11) is 0. The molecule has 0 aliphatic carbocycles. The monoisotopic (exact) mass is 232 g/mol. The molecule has 5 nitrogen and oxygen atoms in total. The lowest BCUT2D eigenvalue weighted by atomic mass is 10.3. The zero-order valence-electron chi connectivity index (χ0n) is 10.7. The third kappa shape index (κ3) is 6.76. The summed E-state index contributed by atoms with van der Waals surface area (Å²) >= 11 is 0. The van der Waals surface area contributed by atoms with E-state index in [1.54, 1.807) is 0 Å². The summed E-state index contributed by atoms with van der Waals surface area (Å²) in [5.74, 6) is -0.00533. The molecule has 0 saturated heterocycles. The Balaban J connectivity index is 3.84. The van der Waals surface area contributed by atoms with Gasteiger partial charge in [-0.15, -0.1) is 0 Å². The maximum absolute atomic E-state index is 11.4. The smallest absolute Gasteiger partial charge is 0.236 e. The lowest BCUT2D eigenvalue weighted by Crippen LogP contribution is -2.45. The first-order valence-electron chi connectivity index (χ1n) is 5.89. The van der Waals surface area contributed by atoms with Gasteiger partial charge in [-0.2, -0.15) is 0 Å². The van der Waals surface area contributed by atoms with E-state index < -0.39 is 0 Å². The van der Waals surface area contributed by atoms with Gasteiger partial charge in [-0.3, -0.25) is 4.79 Å². The van der Waals surface area contributed by atoms with Crippen molar-refractivity contribution >= 4 is 5.91 Å². The molecule has 0 fully saturated rings. The standard InChI is InChI=1S/C11H24N2O3/c1-5-12-11(14)9(4)13-8-10(15-6-2)16-7-3/h9-10,13H,5-8H2,1-4H3,(H,12,14). The van der Waals surface area contributed by atoms with Crippen molar-refractivity contribution in [2.75, 3.05) is 26.3 Å². The van der Waals surface area contributed by atoms with Crippen LogP contribution in [0.25, 0.3) is 0 Å². The molecule has 0 radical (unpaired) electrons. The Kier molecular flexibility index (Phi) is 9.18. The molecular weight excluding hydrogens is 208 g/mol. The number of ether oxygens (including phenoxy) is 2. The summed E-state index contributed by atoms with van der Waals surface area (Å²) in [6.45, 7) is 9.90. The van der Waals surface area contributed by atoms with Crippen molar-refractivity contribution in [2.45, 2.75) is 40.0 Å². The lowest BCUT2D eigenvalue weighted by molar-refractivity contribution is -0.136. The Morgan fingerprint density at radius 1 is 1.19 bits per heavy atom. The van der Waals surface area contributed by atoms with Gasteiger partial charge >= 0.3 is 0 Å². The summed E-state index contributed by atoms with van der Waals surface area (Å²) in [6, 6.07) is -0.233. The van der Waals surface area contributed by atoms with Crippen LogP contribution in [0.4, 0.5) is 0 Å². The molecular formula is C11H24N2O3. The van der Waals surface area contributed by atoms with Crippen molar-refractivity contribution in [1.82, 2.24) is 10.6 Å². The first kappa shape index (κ1) is 15.3. The molecule has 16 heavy (non-hydrogen) atoms. The molecule has 0 saturated carbocycles. The minimum Gasteiger partial charge on any atom is -0.355 e.